The summed E-state index contributed by atoms with van der Waals surface area (Å²) in [6.45, 7) is 2.23. The lowest BCUT2D eigenvalue weighted by molar-refractivity contribution is 0.312. The summed E-state index contributed by atoms with van der Waals surface area (Å²) in [5.41, 5.74) is 1.37. The van der Waals surface area contributed by atoms with Crippen LogP contribution in [-0.4, -0.2) is 25.0 Å². The second-order valence-corrected chi connectivity index (χ2v) is 4.20. The maximum atomic E-state index is 4.25. The molecule has 0 aliphatic rings. The highest BCUT2D eigenvalue weighted by Gasteiger charge is 2.04. The third-order valence-corrected chi connectivity index (χ3v) is 2.65. The zero-order valence-electron chi connectivity index (χ0n) is 8.49. The first-order valence-electron chi connectivity index (χ1n) is 4.54. The van der Waals surface area contributed by atoms with E-state index in [0.29, 0.717) is 6.04 Å². The van der Waals surface area contributed by atoms with Crippen molar-refractivity contribution in [2.24, 2.45) is 0 Å². The molecular weight excluding hydrogens is 178 g/mol. The van der Waals surface area contributed by atoms with Gasteiger partial charge in [-0.25, -0.2) is 0 Å². The molecule has 0 N–H and O–H groups in total. The van der Waals surface area contributed by atoms with Crippen LogP contribution in [0, 0.1) is 0 Å². The van der Waals surface area contributed by atoms with Crippen LogP contribution in [0.3, 0.4) is 0 Å². The van der Waals surface area contributed by atoms with Crippen molar-refractivity contribution in [1.29, 1.82) is 0 Å². The average molecular weight is 195 g/mol. The molecule has 0 aliphatic heterocycles. The van der Waals surface area contributed by atoms with Gasteiger partial charge in [-0.05, 0) is 45.1 Å². The van der Waals surface area contributed by atoms with Crippen LogP contribution < -0.4 is 0 Å². The summed E-state index contributed by atoms with van der Waals surface area (Å²) in [6, 6.07) is 8.96. The van der Waals surface area contributed by atoms with Crippen LogP contribution in [-0.2, 0) is 6.42 Å². The number of rotatable bonds is 3. The first-order valence-corrected chi connectivity index (χ1v) is 4.98. The maximum absolute atomic E-state index is 4.25. The molecule has 72 valence electrons. The third kappa shape index (κ3) is 3.41. The molecule has 1 aromatic carbocycles. The van der Waals surface area contributed by atoms with Crippen molar-refractivity contribution in [3.8, 4) is 0 Å². The van der Waals surface area contributed by atoms with Gasteiger partial charge in [0.15, 0.2) is 0 Å². The molecule has 1 aromatic rings. The zero-order chi connectivity index (χ0) is 9.84. The van der Waals surface area contributed by atoms with E-state index >= 15 is 0 Å². The van der Waals surface area contributed by atoms with Crippen LogP contribution >= 0.6 is 12.6 Å². The summed E-state index contributed by atoms with van der Waals surface area (Å²) in [5, 5.41) is 0. The molecule has 0 spiro atoms. The quantitative estimate of drug-likeness (QED) is 0.725. The smallest absolute Gasteiger partial charge is 0.0101 e. The molecule has 1 unspecified atom stereocenters. The van der Waals surface area contributed by atoms with E-state index in [2.05, 4.69) is 50.7 Å². The zero-order valence-corrected chi connectivity index (χ0v) is 9.38. The summed E-state index contributed by atoms with van der Waals surface area (Å²) in [7, 11) is 4.22. The largest absolute Gasteiger partial charge is 0.306 e. The van der Waals surface area contributed by atoms with E-state index in [1.54, 1.807) is 0 Å². The molecule has 0 aliphatic carbocycles. The van der Waals surface area contributed by atoms with Gasteiger partial charge in [-0.2, -0.15) is 0 Å². The predicted octanol–water partition coefficient (Wildman–Crippen LogP) is 2.47. The maximum Gasteiger partial charge on any atom is 0.0101 e. The summed E-state index contributed by atoms with van der Waals surface area (Å²) in [6.07, 6.45) is 1.10. The van der Waals surface area contributed by atoms with E-state index in [4.69, 9.17) is 0 Å². The van der Waals surface area contributed by atoms with E-state index in [-0.39, 0.29) is 0 Å². The topological polar surface area (TPSA) is 3.24 Å². The highest BCUT2D eigenvalue weighted by molar-refractivity contribution is 7.80. The van der Waals surface area contributed by atoms with Crippen molar-refractivity contribution >= 4 is 12.6 Å². The van der Waals surface area contributed by atoms with E-state index in [1.165, 1.54) is 5.56 Å². The molecule has 0 radical (unpaired) electrons. The summed E-state index contributed by atoms with van der Waals surface area (Å²) in [5.74, 6) is 0. The van der Waals surface area contributed by atoms with Gasteiger partial charge in [-0.3, -0.25) is 0 Å². The van der Waals surface area contributed by atoms with Crippen LogP contribution in [0.1, 0.15) is 12.5 Å². The molecule has 13 heavy (non-hydrogen) atoms. The Hall–Kier alpha value is -0.470. The molecule has 0 heterocycles. The minimum atomic E-state index is 0.589. The van der Waals surface area contributed by atoms with Crippen LogP contribution in [0.2, 0.25) is 0 Å². The van der Waals surface area contributed by atoms with Crippen LogP contribution in [0.25, 0.3) is 0 Å². The molecule has 1 rings (SSSR count). The predicted molar refractivity (Wildman–Crippen MR) is 60.5 cm³/mol. The Labute approximate surface area is 86.2 Å². The molecule has 0 fully saturated rings. The van der Waals surface area contributed by atoms with Gasteiger partial charge in [-0.1, -0.05) is 12.1 Å². The van der Waals surface area contributed by atoms with Gasteiger partial charge in [0.05, 0.1) is 0 Å². The van der Waals surface area contributed by atoms with Gasteiger partial charge < -0.3 is 4.90 Å². The Balaban J connectivity index is 2.59. The lowest BCUT2D eigenvalue weighted by Crippen LogP contribution is -2.26. The second-order valence-electron chi connectivity index (χ2n) is 3.68. The number of benzene rings is 1. The fourth-order valence-electron chi connectivity index (χ4n) is 1.16. The lowest BCUT2D eigenvalue weighted by atomic mass is 10.1. The number of thiol groups is 1. The second kappa shape index (κ2) is 4.68. The highest BCUT2D eigenvalue weighted by Crippen LogP contribution is 2.10. The number of hydrogen-bond acceptors (Lipinski definition) is 2. The molecule has 1 atom stereocenters. The van der Waals surface area contributed by atoms with Gasteiger partial charge in [-0.15, -0.1) is 12.6 Å². The van der Waals surface area contributed by atoms with Crippen molar-refractivity contribution in [2.75, 3.05) is 14.1 Å². The average Bonchev–Trinajstić information content (AvgIpc) is 2.08. The van der Waals surface area contributed by atoms with Crippen LogP contribution in [0.5, 0.6) is 0 Å². The Morgan fingerprint density at radius 1 is 1.23 bits per heavy atom. The molecule has 0 saturated heterocycles. The summed E-state index contributed by atoms with van der Waals surface area (Å²) >= 11 is 4.25. The van der Waals surface area contributed by atoms with Crippen LogP contribution in [0.15, 0.2) is 29.2 Å². The normalized spacial score (nSPS) is 13.3. The fourth-order valence-corrected chi connectivity index (χ4v) is 1.30. The standard InChI is InChI=1S/C11H17NS/c1-9(12(2)3)8-10-4-6-11(13)7-5-10/h4-7,9,13H,8H2,1-3H3. The molecule has 2 heteroatoms. The van der Waals surface area contributed by atoms with Crippen molar-refractivity contribution in [3.05, 3.63) is 29.8 Å². The van der Waals surface area contributed by atoms with Gasteiger partial charge in [0.25, 0.3) is 0 Å². The van der Waals surface area contributed by atoms with Crippen molar-refractivity contribution < 1.29 is 0 Å². The molecular formula is C11H17NS. The Morgan fingerprint density at radius 3 is 2.23 bits per heavy atom. The van der Waals surface area contributed by atoms with Gasteiger partial charge in [0, 0.05) is 10.9 Å². The van der Waals surface area contributed by atoms with E-state index in [0.717, 1.165) is 11.3 Å². The lowest BCUT2D eigenvalue weighted by Gasteiger charge is -2.19. The van der Waals surface area contributed by atoms with Gasteiger partial charge in [0.2, 0.25) is 0 Å². The summed E-state index contributed by atoms with van der Waals surface area (Å²) < 4.78 is 0. The number of likely N-dealkylation sites (N-methyl/N-ethyl adjacent to an activating group) is 1. The Kier molecular flexibility index (Phi) is 3.82. The SMILES string of the molecule is CC(Cc1ccc(S)cc1)N(C)C. The van der Waals surface area contributed by atoms with Gasteiger partial charge >= 0.3 is 0 Å². The number of hydrogen-bond donors (Lipinski definition) is 1. The highest BCUT2D eigenvalue weighted by atomic mass is 32.1. The van der Waals surface area contributed by atoms with Crippen LogP contribution in [0.4, 0.5) is 0 Å². The molecule has 0 amide bonds. The molecule has 0 bridgehead atoms. The van der Waals surface area contributed by atoms with Gasteiger partial charge in [0.1, 0.15) is 0 Å². The molecule has 1 nitrogen and oxygen atoms in total. The van der Waals surface area contributed by atoms with Crippen molar-refractivity contribution in [3.63, 3.8) is 0 Å². The Morgan fingerprint density at radius 2 is 1.77 bits per heavy atom. The third-order valence-electron chi connectivity index (χ3n) is 2.35. The van der Waals surface area contributed by atoms with E-state index in [1.807, 2.05) is 12.1 Å². The fraction of sp³-hybridized carbons (Fsp3) is 0.455. The number of nitrogens with zero attached hydrogens (tertiary/aromatic N) is 1. The van der Waals surface area contributed by atoms with E-state index in [9.17, 15) is 0 Å². The monoisotopic (exact) mass is 195 g/mol. The molecule has 0 aromatic heterocycles. The van der Waals surface area contributed by atoms with Crippen molar-refractivity contribution in [2.45, 2.75) is 24.3 Å². The minimum absolute atomic E-state index is 0.589. The molecule has 0 saturated carbocycles. The minimum Gasteiger partial charge on any atom is -0.306 e. The first kappa shape index (κ1) is 10.6. The van der Waals surface area contributed by atoms with Crippen molar-refractivity contribution in [1.82, 2.24) is 4.90 Å². The Bertz CT molecular complexity index is 253. The first-order chi connectivity index (χ1) is 6.09. The van der Waals surface area contributed by atoms with E-state index < -0.39 is 0 Å². The summed E-state index contributed by atoms with van der Waals surface area (Å²) in [4.78, 5) is 3.26.